The highest BCUT2D eigenvalue weighted by Gasteiger charge is 2.37. The van der Waals surface area contributed by atoms with Crippen molar-refractivity contribution in [3.05, 3.63) is 70.8 Å². The van der Waals surface area contributed by atoms with Gasteiger partial charge in [0.15, 0.2) is 0 Å². The first-order valence-electron chi connectivity index (χ1n) is 14.5. The highest BCUT2D eigenvalue weighted by atomic mass is 16.6. The summed E-state index contributed by atoms with van der Waals surface area (Å²) in [4.78, 5) is 55.1. The molecule has 3 amide bonds. The lowest BCUT2D eigenvalue weighted by Gasteiger charge is -2.34. The summed E-state index contributed by atoms with van der Waals surface area (Å²) in [6, 6.07) is 11.1. The van der Waals surface area contributed by atoms with Crippen molar-refractivity contribution < 1.29 is 33.8 Å². The summed E-state index contributed by atoms with van der Waals surface area (Å²) in [6.45, 7) is 15.1. The molecule has 0 saturated heterocycles. The number of alkyl carbamates (subject to hydrolysis) is 1. The van der Waals surface area contributed by atoms with Crippen LogP contribution in [0.3, 0.4) is 0 Å². The van der Waals surface area contributed by atoms with Gasteiger partial charge in [0.05, 0.1) is 6.61 Å². The first-order valence-corrected chi connectivity index (χ1v) is 14.5. The molecule has 0 fully saturated rings. The number of aliphatic hydroxyl groups excluding tert-OH is 1. The van der Waals surface area contributed by atoms with Gasteiger partial charge in [-0.3, -0.25) is 9.59 Å². The van der Waals surface area contributed by atoms with Crippen molar-refractivity contribution in [2.24, 2.45) is 0 Å². The monoisotopic (exact) mass is 597 g/mol. The van der Waals surface area contributed by atoms with Crippen LogP contribution in [0.25, 0.3) is 0 Å². The zero-order valence-corrected chi connectivity index (χ0v) is 26.8. The molecule has 0 heterocycles. The number of benzene rings is 2. The number of carbonyl (C=O) groups excluding carboxylic acids is 4. The summed E-state index contributed by atoms with van der Waals surface area (Å²) < 4.78 is 10.9. The van der Waals surface area contributed by atoms with E-state index in [0.717, 1.165) is 16.7 Å². The van der Waals surface area contributed by atoms with E-state index in [1.807, 2.05) is 50.2 Å². The van der Waals surface area contributed by atoms with E-state index < -0.39 is 59.8 Å². The molecule has 0 radical (unpaired) electrons. The van der Waals surface area contributed by atoms with Gasteiger partial charge in [-0.2, -0.15) is 0 Å². The van der Waals surface area contributed by atoms with Crippen LogP contribution in [0, 0.1) is 13.8 Å². The molecule has 0 bridgehead atoms. The number of nitrogens with zero attached hydrogens (tertiary/aromatic N) is 1. The molecule has 0 saturated carbocycles. The van der Waals surface area contributed by atoms with E-state index in [1.54, 1.807) is 60.6 Å². The minimum Gasteiger partial charge on any atom is -0.458 e. The highest BCUT2D eigenvalue weighted by molar-refractivity contribution is 5.94. The van der Waals surface area contributed by atoms with Crippen molar-refractivity contribution in [2.45, 2.75) is 98.1 Å². The molecule has 10 heteroatoms. The maximum absolute atomic E-state index is 14.2. The van der Waals surface area contributed by atoms with Crippen LogP contribution in [0.15, 0.2) is 48.5 Å². The molecule has 3 N–H and O–H groups in total. The van der Waals surface area contributed by atoms with E-state index in [2.05, 4.69) is 10.6 Å². The molecule has 0 aliphatic heterocycles. The molecule has 3 unspecified atom stereocenters. The Kier molecular flexibility index (Phi) is 12.3. The van der Waals surface area contributed by atoms with Crippen molar-refractivity contribution in [3.8, 4) is 0 Å². The molecule has 2 rings (SSSR count). The predicted octanol–water partition coefficient (Wildman–Crippen LogP) is 4.15. The summed E-state index contributed by atoms with van der Waals surface area (Å²) in [5, 5.41) is 15.3. The van der Waals surface area contributed by atoms with Crippen LogP contribution in [0.5, 0.6) is 0 Å². The molecular weight excluding hydrogens is 550 g/mol. The van der Waals surface area contributed by atoms with Gasteiger partial charge in [0.1, 0.15) is 29.3 Å². The van der Waals surface area contributed by atoms with Crippen LogP contribution in [0.1, 0.15) is 76.8 Å². The Hall–Kier alpha value is -3.92. The molecule has 0 spiro atoms. The number of likely N-dealkylation sites (N-methyl/N-ethyl adjacent to an activating group) is 1. The number of esters is 1. The fourth-order valence-corrected chi connectivity index (χ4v) is 4.61. The summed E-state index contributed by atoms with van der Waals surface area (Å²) >= 11 is 0. The molecule has 0 aromatic heterocycles. The van der Waals surface area contributed by atoms with Gasteiger partial charge in [0.2, 0.25) is 11.8 Å². The smallest absolute Gasteiger partial charge is 0.408 e. The number of amides is 3. The van der Waals surface area contributed by atoms with Gasteiger partial charge in [-0.25, -0.2) is 9.59 Å². The number of aryl methyl sites for hydroxylation is 2. The maximum Gasteiger partial charge on any atom is 0.408 e. The lowest BCUT2D eigenvalue weighted by Crippen LogP contribution is -2.55. The Morgan fingerprint density at radius 3 is 1.88 bits per heavy atom. The van der Waals surface area contributed by atoms with Crippen LogP contribution < -0.4 is 10.6 Å². The minimum atomic E-state index is -1.37. The number of rotatable bonds is 11. The fraction of sp³-hybridized carbons (Fsp3) is 0.515. The molecule has 0 aliphatic carbocycles. The van der Waals surface area contributed by atoms with E-state index >= 15 is 0 Å². The Labute approximate surface area is 255 Å². The maximum atomic E-state index is 14.2. The van der Waals surface area contributed by atoms with E-state index in [-0.39, 0.29) is 13.0 Å². The zero-order valence-electron chi connectivity index (χ0n) is 26.8. The molecule has 2 aromatic rings. The van der Waals surface area contributed by atoms with Crippen LogP contribution in [0.4, 0.5) is 4.79 Å². The first kappa shape index (κ1) is 35.3. The van der Waals surface area contributed by atoms with Crippen molar-refractivity contribution in [3.63, 3.8) is 0 Å². The zero-order chi connectivity index (χ0) is 32.5. The molecule has 0 aliphatic rings. The van der Waals surface area contributed by atoms with E-state index in [1.165, 1.54) is 4.90 Å². The third-order valence-electron chi connectivity index (χ3n) is 6.21. The molecule has 236 valence electrons. The SMILES string of the molecule is CCN(C(=O)C(CO)NC(=O)OC(C)(C)C)C(C(=O)NC(Cc1ccccc1)C(=O)OC(C)(C)C)c1cc(C)cc(C)c1. The summed E-state index contributed by atoms with van der Waals surface area (Å²) in [5.41, 5.74) is 1.45. The average Bonchev–Trinajstić information content (AvgIpc) is 2.87. The number of carbonyl (C=O) groups is 4. The lowest BCUT2D eigenvalue weighted by molar-refractivity contribution is -0.159. The topological polar surface area (TPSA) is 134 Å². The summed E-state index contributed by atoms with van der Waals surface area (Å²) in [5.74, 6) is -1.91. The number of nitrogens with one attached hydrogen (secondary N) is 2. The van der Waals surface area contributed by atoms with Crippen LogP contribution in [0.2, 0.25) is 0 Å². The summed E-state index contributed by atoms with van der Waals surface area (Å²) in [6.07, 6.45) is -0.711. The van der Waals surface area contributed by atoms with Gasteiger partial charge in [-0.05, 0) is 73.4 Å². The van der Waals surface area contributed by atoms with Crippen molar-refractivity contribution in [1.82, 2.24) is 15.5 Å². The van der Waals surface area contributed by atoms with Gasteiger partial charge in [-0.1, -0.05) is 59.7 Å². The predicted molar refractivity (Wildman–Crippen MR) is 164 cm³/mol. The largest absolute Gasteiger partial charge is 0.458 e. The van der Waals surface area contributed by atoms with E-state index in [4.69, 9.17) is 9.47 Å². The second kappa shape index (κ2) is 15.0. The van der Waals surface area contributed by atoms with Crippen LogP contribution in [-0.2, 0) is 30.3 Å². The lowest BCUT2D eigenvalue weighted by atomic mass is 9.97. The Morgan fingerprint density at radius 1 is 0.837 bits per heavy atom. The number of hydrogen-bond acceptors (Lipinski definition) is 7. The van der Waals surface area contributed by atoms with Crippen molar-refractivity contribution in [2.75, 3.05) is 13.2 Å². The number of hydrogen-bond donors (Lipinski definition) is 3. The average molecular weight is 598 g/mol. The fourth-order valence-electron chi connectivity index (χ4n) is 4.61. The van der Waals surface area contributed by atoms with E-state index in [0.29, 0.717) is 5.56 Å². The Bertz CT molecular complexity index is 1250. The quantitative estimate of drug-likeness (QED) is 0.331. The Morgan fingerprint density at radius 2 is 1.40 bits per heavy atom. The van der Waals surface area contributed by atoms with Gasteiger partial charge in [-0.15, -0.1) is 0 Å². The molecular formula is C33H47N3O7. The van der Waals surface area contributed by atoms with Crippen LogP contribution in [-0.4, -0.2) is 70.3 Å². The molecule has 3 atom stereocenters. The third kappa shape index (κ3) is 11.4. The number of ether oxygens (including phenoxy) is 2. The Balaban J connectivity index is 2.52. The number of aliphatic hydroxyl groups is 1. The first-order chi connectivity index (χ1) is 19.9. The second-order valence-corrected chi connectivity index (χ2v) is 12.6. The van der Waals surface area contributed by atoms with Gasteiger partial charge in [0.25, 0.3) is 0 Å². The standard InChI is InChI=1S/C33H47N3O7/c1-10-36(29(39)26(20-37)35-31(41)43-33(7,8)9)27(24-17-21(2)16-22(3)18-24)28(38)34-25(30(40)42-32(4,5)6)19-23-14-12-11-13-15-23/h11-18,25-27,37H,10,19-20H2,1-9H3,(H,34,38)(H,35,41). The highest BCUT2D eigenvalue weighted by Crippen LogP contribution is 2.25. The third-order valence-corrected chi connectivity index (χ3v) is 6.21. The molecule has 2 aromatic carbocycles. The molecule has 10 nitrogen and oxygen atoms in total. The van der Waals surface area contributed by atoms with Crippen LogP contribution >= 0.6 is 0 Å². The van der Waals surface area contributed by atoms with Gasteiger partial charge in [0, 0.05) is 13.0 Å². The summed E-state index contributed by atoms with van der Waals surface area (Å²) in [7, 11) is 0. The van der Waals surface area contributed by atoms with Gasteiger partial charge < -0.3 is 30.1 Å². The van der Waals surface area contributed by atoms with Crippen molar-refractivity contribution in [1.29, 1.82) is 0 Å². The second-order valence-electron chi connectivity index (χ2n) is 12.6. The van der Waals surface area contributed by atoms with Gasteiger partial charge >= 0.3 is 12.1 Å². The normalized spacial score (nSPS) is 13.7. The van der Waals surface area contributed by atoms with Crippen molar-refractivity contribution >= 4 is 23.9 Å². The molecule has 43 heavy (non-hydrogen) atoms. The van der Waals surface area contributed by atoms with E-state index in [9.17, 15) is 24.3 Å². The minimum absolute atomic E-state index is 0.0617.